The second kappa shape index (κ2) is 10.2. The van der Waals surface area contributed by atoms with Crippen molar-refractivity contribution in [3.63, 3.8) is 0 Å². The van der Waals surface area contributed by atoms with Crippen molar-refractivity contribution in [3.05, 3.63) is 35.9 Å². The van der Waals surface area contributed by atoms with Gasteiger partial charge in [-0.25, -0.2) is 0 Å². The smallest absolute Gasteiger partial charge is 0.260 e. The molecule has 0 aliphatic carbocycles. The summed E-state index contributed by atoms with van der Waals surface area (Å²) >= 11 is 0. The monoisotopic (exact) mass is 389 g/mol. The van der Waals surface area contributed by atoms with Crippen LogP contribution in [0, 0.1) is 0 Å². The topological polar surface area (TPSA) is 117 Å². The molecule has 3 amide bonds. The van der Waals surface area contributed by atoms with Gasteiger partial charge in [-0.15, -0.1) is 0 Å². The van der Waals surface area contributed by atoms with Crippen molar-refractivity contribution in [3.8, 4) is 0 Å². The van der Waals surface area contributed by atoms with Crippen molar-refractivity contribution < 1.29 is 14.4 Å². The zero-order valence-electron chi connectivity index (χ0n) is 16.7. The summed E-state index contributed by atoms with van der Waals surface area (Å²) in [5, 5.41) is 8.40. The van der Waals surface area contributed by atoms with E-state index in [2.05, 4.69) is 16.0 Å². The average molecular weight is 390 g/mol. The van der Waals surface area contributed by atoms with Gasteiger partial charge in [-0.2, -0.15) is 0 Å². The molecule has 1 aliphatic rings. The molecule has 1 heterocycles. The van der Waals surface area contributed by atoms with Gasteiger partial charge in [0.1, 0.15) is 6.04 Å². The number of hydrogen-bond acceptors (Lipinski definition) is 5. The third-order valence-corrected chi connectivity index (χ3v) is 5.07. The van der Waals surface area contributed by atoms with E-state index in [-0.39, 0.29) is 18.2 Å². The van der Waals surface area contributed by atoms with E-state index in [1.807, 2.05) is 30.3 Å². The van der Waals surface area contributed by atoms with Crippen molar-refractivity contribution in [2.75, 3.05) is 20.1 Å². The molecular formula is C20H31N5O3. The van der Waals surface area contributed by atoms with Gasteiger partial charge in [0.05, 0.1) is 0 Å². The Labute approximate surface area is 166 Å². The van der Waals surface area contributed by atoms with Crippen molar-refractivity contribution >= 4 is 17.7 Å². The lowest BCUT2D eigenvalue weighted by Crippen LogP contribution is -2.66. The molecule has 154 valence electrons. The van der Waals surface area contributed by atoms with E-state index in [0.29, 0.717) is 32.5 Å². The van der Waals surface area contributed by atoms with Crippen LogP contribution in [0.25, 0.3) is 0 Å². The zero-order chi connectivity index (χ0) is 20.6. The summed E-state index contributed by atoms with van der Waals surface area (Å²) in [4.78, 5) is 39.4. The largest absolute Gasteiger partial charge is 0.349 e. The number of likely N-dealkylation sites (tertiary alicyclic amines) is 1. The minimum atomic E-state index is -1.52. The van der Waals surface area contributed by atoms with Crippen LogP contribution in [0.4, 0.5) is 0 Å². The van der Waals surface area contributed by atoms with Crippen molar-refractivity contribution in [2.45, 2.75) is 50.9 Å². The van der Waals surface area contributed by atoms with Crippen LogP contribution in [0.15, 0.2) is 30.3 Å². The van der Waals surface area contributed by atoms with Gasteiger partial charge in [-0.05, 0) is 31.9 Å². The summed E-state index contributed by atoms with van der Waals surface area (Å²) in [6.45, 7) is 3.17. The van der Waals surface area contributed by atoms with E-state index in [1.54, 1.807) is 18.9 Å². The minimum absolute atomic E-state index is 0.0698. The average Bonchev–Trinajstić information content (AvgIpc) is 3.21. The fraction of sp³-hybridized carbons (Fsp3) is 0.550. The quantitative estimate of drug-likeness (QED) is 0.447. The third-order valence-electron chi connectivity index (χ3n) is 5.07. The molecule has 0 radical (unpaired) electrons. The van der Waals surface area contributed by atoms with Gasteiger partial charge in [-0.3, -0.25) is 14.4 Å². The number of benzene rings is 1. The molecule has 1 aromatic carbocycles. The van der Waals surface area contributed by atoms with E-state index in [4.69, 9.17) is 5.73 Å². The Morgan fingerprint density at radius 3 is 2.61 bits per heavy atom. The van der Waals surface area contributed by atoms with Gasteiger partial charge in [-0.1, -0.05) is 37.3 Å². The normalized spacial score (nSPS) is 18.4. The van der Waals surface area contributed by atoms with Gasteiger partial charge >= 0.3 is 0 Å². The molecule has 2 atom stereocenters. The highest BCUT2D eigenvalue weighted by Gasteiger charge is 2.39. The summed E-state index contributed by atoms with van der Waals surface area (Å²) in [7, 11) is 1.78. The van der Waals surface area contributed by atoms with Crippen LogP contribution < -0.4 is 21.7 Å². The molecule has 0 saturated carbocycles. The fourth-order valence-electron chi connectivity index (χ4n) is 3.26. The molecule has 8 heteroatoms. The molecule has 0 aromatic heterocycles. The fourth-order valence-corrected chi connectivity index (χ4v) is 3.26. The van der Waals surface area contributed by atoms with Crippen LogP contribution in [0.1, 0.15) is 38.2 Å². The second-order valence-corrected chi connectivity index (χ2v) is 7.08. The first-order chi connectivity index (χ1) is 13.4. The maximum Gasteiger partial charge on any atom is 0.260 e. The first kappa shape index (κ1) is 21.8. The highest BCUT2D eigenvalue weighted by atomic mass is 16.2. The van der Waals surface area contributed by atoms with E-state index in [0.717, 1.165) is 12.0 Å². The molecule has 1 saturated heterocycles. The van der Waals surface area contributed by atoms with Crippen LogP contribution >= 0.6 is 0 Å². The zero-order valence-corrected chi connectivity index (χ0v) is 16.7. The SMILES string of the molecule is CCC(N)(NC(=O)[C@@H]1CCCN1C(=O)CCNC)C(=O)NCc1ccccc1. The van der Waals surface area contributed by atoms with E-state index in [1.165, 1.54) is 0 Å². The van der Waals surface area contributed by atoms with Crippen LogP contribution in [0.2, 0.25) is 0 Å². The Balaban J connectivity index is 1.98. The van der Waals surface area contributed by atoms with E-state index >= 15 is 0 Å². The van der Waals surface area contributed by atoms with E-state index in [9.17, 15) is 14.4 Å². The van der Waals surface area contributed by atoms with E-state index < -0.39 is 17.6 Å². The lowest BCUT2D eigenvalue weighted by atomic mass is 10.1. The maximum absolute atomic E-state index is 12.8. The molecule has 28 heavy (non-hydrogen) atoms. The number of nitrogens with two attached hydrogens (primary N) is 1. The molecule has 1 fully saturated rings. The lowest BCUT2D eigenvalue weighted by molar-refractivity contribution is -0.141. The number of nitrogens with zero attached hydrogens (tertiary/aromatic N) is 1. The Morgan fingerprint density at radius 1 is 1.25 bits per heavy atom. The Hall–Kier alpha value is -2.45. The molecule has 1 aliphatic heterocycles. The van der Waals surface area contributed by atoms with Gasteiger partial charge in [0, 0.05) is 26.1 Å². The number of nitrogens with one attached hydrogen (secondary N) is 3. The first-order valence-corrected chi connectivity index (χ1v) is 9.78. The Bertz CT molecular complexity index is 682. The number of amides is 3. The van der Waals surface area contributed by atoms with Gasteiger partial charge in [0.15, 0.2) is 5.66 Å². The Kier molecular flexibility index (Phi) is 7.95. The highest BCUT2D eigenvalue weighted by molar-refractivity contribution is 5.94. The summed E-state index contributed by atoms with van der Waals surface area (Å²) < 4.78 is 0. The van der Waals surface area contributed by atoms with Crippen molar-refractivity contribution in [1.82, 2.24) is 20.9 Å². The molecule has 0 bridgehead atoms. The lowest BCUT2D eigenvalue weighted by Gasteiger charge is -2.31. The summed E-state index contributed by atoms with van der Waals surface area (Å²) in [6.07, 6.45) is 1.90. The number of rotatable bonds is 9. The Morgan fingerprint density at radius 2 is 1.96 bits per heavy atom. The standard InChI is InChI=1S/C20H31N5O3/c1-3-20(21,19(28)23-14-15-8-5-4-6-9-15)24-18(27)16-10-7-13-25(16)17(26)11-12-22-2/h4-6,8-9,16,22H,3,7,10-14,21H2,1-2H3,(H,23,28)(H,24,27)/t16-,20?/m0/s1. The van der Waals surface area contributed by atoms with Crippen molar-refractivity contribution in [1.29, 1.82) is 0 Å². The van der Waals surface area contributed by atoms with Gasteiger partial charge in [0.25, 0.3) is 5.91 Å². The van der Waals surface area contributed by atoms with Gasteiger partial charge < -0.3 is 26.6 Å². The molecular weight excluding hydrogens is 358 g/mol. The van der Waals surface area contributed by atoms with Crippen molar-refractivity contribution in [2.24, 2.45) is 5.73 Å². The molecule has 5 N–H and O–H groups in total. The second-order valence-electron chi connectivity index (χ2n) is 7.08. The molecule has 1 aromatic rings. The minimum Gasteiger partial charge on any atom is -0.349 e. The van der Waals surface area contributed by atoms with Crippen LogP contribution in [-0.4, -0.2) is 54.5 Å². The predicted octanol–water partition coefficient (Wildman–Crippen LogP) is 0.0845. The van der Waals surface area contributed by atoms with Crippen LogP contribution in [0.5, 0.6) is 0 Å². The third kappa shape index (κ3) is 5.53. The summed E-state index contributed by atoms with van der Waals surface area (Å²) in [6, 6.07) is 8.89. The van der Waals surface area contributed by atoms with Crippen LogP contribution in [0.3, 0.4) is 0 Å². The first-order valence-electron chi connectivity index (χ1n) is 9.78. The molecule has 0 spiro atoms. The maximum atomic E-state index is 12.8. The molecule has 1 unspecified atom stereocenters. The number of hydrogen-bond donors (Lipinski definition) is 4. The highest BCUT2D eigenvalue weighted by Crippen LogP contribution is 2.19. The predicted molar refractivity (Wildman–Crippen MR) is 107 cm³/mol. The summed E-state index contributed by atoms with van der Waals surface area (Å²) in [5.74, 6) is -0.896. The number of carbonyl (C=O) groups is 3. The van der Waals surface area contributed by atoms with Gasteiger partial charge in [0.2, 0.25) is 11.8 Å². The molecule has 2 rings (SSSR count). The number of carbonyl (C=O) groups excluding carboxylic acids is 3. The van der Waals surface area contributed by atoms with Crippen LogP contribution in [-0.2, 0) is 20.9 Å². The summed E-state index contributed by atoms with van der Waals surface area (Å²) in [5.41, 5.74) is 5.64. The molecule has 8 nitrogen and oxygen atoms in total.